The number of hydrogen-bond acceptors (Lipinski definition) is 6. The highest BCUT2D eigenvalue weighted by atomic mass is 32.2. The molecule has 0 saturated carbocycles. The molecule has 6 heteroatoms. The zero-order chi connectivity index (χ0) is 12.3. The van der Waals surface area contributed by atoms with Gasteiger partial charge in [-0.1, -0.05) is 0 Å². The number of thioether (sulfide) groups is 1. The third kappa shape index (κ3) is 2.55. The summed E-state index contributed by atoms with van der Waals surface area (Å²) in [5, 5.41) is 3.58. The molecular weight excluding hydrogens is 250 g/mol. The van der Waals surface area contributed by atoms with Gasteiger partial charge in [-0.25, -0.2) is 0 Å². The Kier molecular flexibility index (Phi) is 4.43. The highest BCUT2D eigenvalue weighted by Gasteiger charge is 2.44. The Bertz CT molecular complexity index is 242. The fourth-order valence-electron chi connectivity index (χ4n) is 3.02. The van der Waals surface area contributed by atoms with E-state index in [0.29, 0.717) is 0 Å². The van der Waals surface area contributed by atoms with Crippen molar-refractivity contribution in [2.75, 3.05) is 71.4 Å². The lowest BCUT2D eigenvalue weighted by Crippen LogP contribution is -2.68. The second-order valence-corrected chi connectivity index (χ2v) is 6.32. The molecule has 0 aliphatic carbocycles. The van der Waals surface area contributed by atoms with Crippen LogP contribution in [-0.4, -0.2) is 86.2 Å². The normalized spacial score (nSPS) is 31.3. The Hall–Kier alpha value is 0.150. The average molecular weight is 273 g/mol. The van der Waals surface area contributed by atoms with E-state index in [-0.39, 0.29) is 4.99 Å². The van der Waals surface area contributed by atoms with Crippen LogP contribution in [0.5, 0.6) is 0 Å². The molecule has 1 N–H and O–H groups in total. The van der Waals surface area contributed by atoms with Crippen LogP contribution < -0.4 is 5.32 Å². The van der Waals surface area contributed by atoms with Crippen LogP contribution in [0.4, 0.5) is 0 Å². The number of rotatable bonds is 2. The van der Waals surface area contributed by atoms with Gasteiger partial charge in [0.15, 0.2) is 0 Å². The van der Waals surface area contributed by atoms with Gasteiger partial charge in [-0.05, 0) is 0 Å². The van der Waals surface area contributed by atoms with Crippen molar-refractivity contribution in [1.29, 1.82) is 0 Å². The maximum absolute atomic E-state index is 5.51. The summed E-state index contributed by atoms with van der Waals surface area (Å²) in [4.78, 5) is 5.35. The third-order valence-corrected chi connectivity index (χ3v) is 5.51. The predicted octanol–water partition coefficient (Wildman–Crippen LogP) is -0.359. The highest BCUT2D eigenvalue weighted by Crippen LogP contribution is 2.35. The lowest BCUT2D eigenvalue weighted by molar-refractivity contribution is -0.0824. The molecule has 3 fully saturated rings. The Morgan fingerprint density at radius 3 is 1.89 bits per heavy atom. The summed E-state index contributed by atoms with van der Waals surface area (Å²) in [5.41, 5.74) is 0. The standard InChI is InChI=1S/C12H23N3O2S/c1-10-18-12(11-13-1,14-2-6-16-7-3-14)15-4-8-17-9-5-15/h13H,1-11H2. The van der Waals surface area contributed by atoms with Gasteiger partial charge in [-0.2, -0.15) is 0 Å². The van der Waals surface area contributed by atoms with Crippen molar-refractivity contribution in [3.63, 3.8) is 0 Å². The predicted molar refractivity (Wildman–Crippen MR) is 72.8 cm³/mol. The van der Waals surface area contributed by atoms with Crippen molar-refractivity contribution in [2.24, 2.45) is 0 Å². The fraction of sp³-hybridized carbons (Fsp3) is 1.00. The van der Waals surface area contributed by atoms with Crippen molar-refractivity contribution in [2.45, 2.75) is 4.99 Å². The molecule has 0 bridgehead atoms. The number of nitrogens with zero attached hydrogens (tertiary/aromatic N) is 2. The summed E-state index contributed by atoms with van der Waals surface area (Å²) in [6.07, 6.45) is 0. The van der Waals surface area contributed by atoms with Crippen LogP contribution in [0, 0.1) is 0 Å². The first kappa shape index (κ1) is 13.1. The molecule has 0 amide bonds. The van der Waals surface area contributed by atoms with Gasteiger partial charge < -0.3 is 14.8 Å². The minimum absolute atomic E-state index is 0.131. The van der Waals surface area contributed by atoms with Gasteiger partial charge >= 0.3 is 0 Å². The van der Waals surface area contributed by atoms with E-state index in [9.17, 15) is 0 Å². The number of morpholine rings is 2. The van der Waals surface area contributed by atoms with E-state index >= 15 is 0 Å². The van der Waals surface area contributed by atoms with E-state index in [0.717, 1.165) is 65.7 Å². The SMILES string of the molecule is C1CSC(N2CCOCC2)(N2CCOCC2)CN1. The van der Waals surface area contributed by atoms with Crippen LogP contribution in [0.25, 0.3) is 0 Å². The van der Waals surface area contributed by atoms with Gasteiger partial charge in [0.25, 0.3) is 0 Å². The molecule has 0 aromatic rings. The number of nitrogens with one attached hydrogen (secondary N) is 1. The van der Waals surface area contributed by atoms with Crippen LogP contribution in [-0.2, 0) is 9.47 Å². The summed E-state index contributed by atoms with van der Waals surface area (Å²) in [7, 11) is 0. The lowest BCUT2D eigenvalue weighted by Gasteiger charge is -2.54. The molecule has 18 heavy (non-hydrogen) atoms. The topological polar surface area (TPSA) is 37.0 Å². The van der Waals surface area contributed by atoms with E-state index in [1.807, 2.05) is 0 Å². The summed E-state index contributed by atoms with van der Waals surface area (Å²) in [5.74, 6) is 1.19. The van der Waals surface area contributed by atoms with Gasteiger partial charge in [-0.3, -0.25) is 9.80 Å². The third-order valence-electron chi connectivity index (χ3n) is 3.98. The Morgan fingerprint density at radius 2 is 1.44 bits per heavy atom. The van der Waals surface area contributed by atoms with Gasteiger partial charge in [0.1, 0.15) is 4.99 Å². The molecule has 0 atom stereocenters. The average Bonchev–Trinajstić information content (AvgIpc) is 2.50. The van der Waals surface area contributed by atoms with E-state index in [1.54, 1.807) is 0 Å². The highest BCUT2D eigenvalue weighted by molar-refractivity contribution is 8.00. The molecule has 0 radical (unpaired) electrons. The molecule has 3 aliphatic heterocycles. The number of ether oxygens (including phenoxy) is 2. The summed E-state index contributed by atoms with van der Waals surface area (Å²) in [6, 6.07) is 0. The van der Waals surface area contributed by atoms with Gasteiger partial charge in [0.2, 0.25) is 0 Å². The molecule has 3 rings (SSSR count). The molecule has 3 saturated heterocycles. The Balaban J connectivity index is 1.77. The van der Waals surface area contributed by atoms with Crippen LogP contribution >= 0.6 is 11.8 Å². The Labute approximate surface area is 113 Å². The van der Waals surface area contributed by atoms with Crippen molar-refractivity contribution < 1.29 is 9.47 Å². The molecular formula is C12H23N3O2S. The summed E-state index contributed by atoms with van der Waals surface area (Å²) >= 11 is 2.10. The van der Waals surface area contributed by atoms with Crippen LogP contribution in [0.3, 0.4) is 0 Å². The van der Waals surface area contributed by atoms with Gasteiger partial charge in [-0.15, -0.1) is 11.8 Å². The molecule has 0 aromatic heterocycles. The first-order valence-corrected chi connectivity index (χ1v) is 7.91. The number of hydrogen-bond donors (Lipinski definition) is 1. The minimum atomic E-state index is 0.131. The monoisotopic (exact) mass is 273 g/mol. The zero-order valence-corrected chi connectivity index (χ0v) is 11.7. The smallest absolute Gasteiger partial charge is 0.135 e. The molecule has 104 valence electrons. The largest absolute Gasteiger partial charge is 0.379 e. The van der Waals surface area contributed by atoms with E-state index in [4.69, 9.17) is 9.47 Å². The lowest BCUT2D eigenvalue weighted by atomic mass is 10.2. The molecule has 3 heterocycles. The van der Waals surface area contributed by atoms with Crippen molar-refractivity contribution >= 4 is 11.8 Å². The first-order valence-electron chi connectivity index (χ1n) is 6.92. The summed E-state index contributed by atoms with van der Waals surface area (Å²) in [6.45, 7) is 9.84. The van der Waals surface area contributed by atoms with E-state index in [2.05, 4.69) is 26.9 Å². The quantitative estimate of drug-likeness (QED) is 0.741. The van der Waals surface area contributed by atoms with Crippen LogP contribution in [0.1, 0.15) is 0 Å². The van der Waals surface area contributed by atoms with Gasteiger partial charge in [0.05, 0.1) is 26.4 Å². The zero-order valence-electron chi connectivity index (χ0n) is 10.9. The second-order valence-electron chi connectivity index (χ2n) is 4.97. The van der Waals surface area contributed by atoms with Crippen LogP contribution in [0.2, 0.25) is 0 Å². The first-order chi connectivity index (χ1) is 8.92. The molecule has 5 nitrogen and oxygen atoms in total. The Morgan fingerprint density at radius 1 is 0.889 bits per heavy atom. The van der Waals surface area contributed by atoms with E-state index < -0.39 is 0 Å². The minimum Gasteiger partial charge on any atom is -0.379 e. The van der Waals surface area contributed by atoms with Crippen molar-refractivity contribution in [1.82, 2.24) is 15.1 Å². The van der Waals surface area contributed by atoms with Gasteiger partial charge in [0, 0.05) is 45.0 Å². The van der Waals surface area contributed by atoms with Crippen molar-refractivity contribution in [3.05, 3.63) is 0 Å². The van der Waals surface area contributed by atoms with E-state index in [1.165, 1.54) is 5.75 Å². The second kappa shape index (κ2) is 6.07. The summed E-state index contributed by atoms with van der Waals surface area (Å²) < 4.78 is 11.0. The fourth-order valence-corrected chi connectivity index (χ4v) is 4.53. The maximum Gasteiger partial charge on any atom is 0.135 e. The molecule has 0 spiro atoms. The molecule has 0 aromatic carbocycles. The van der Waals surface area contributed by atoms with Crippen molar-refractivity contribution in [3.8, 4) is 0 Å². The molecule has 3 aliphatic rings. The maximum atomic E-state index is 5.51. The van der Waals surface area contributed by atoms with Crippen LogP contribution in [0.15, 0.2) is 0 Å². The molecule has 0 unspecified atom stereocenters.